The van der Waals surface area contributed by atoms with Gasteiger partial charge in [-0.2, -0.15) is 0 Å². The van der Waals surface area contributed by atoms with Crippen molar-refractivity contribution in [3.05, 3.63) is 55.7 Å². The number of carboxylic acids is 1. The van der Waals surface area contributed by atoms with E-state index in [0.29, 0.717) is 0 Å². The highest BCUT2D eigenvalue weighted by Gasteiger charge is 2.34. The van der Waals surface area contributed by atoms with Crippen LogP contribution in [0, 0.1) is 0 Å². The lowest BCUT2D eigenvalue weighted by atomic mass is 9.89. The number of aromatic carboxylic acids is 1. The average Bonchev–Trinajstić information content (AvgIpc) is 2.81. The monoisotopic (exact) mass is 292 g/mol. The third kappa shape index (κ3) is 1.63. The number of halogens is 1. The maximum Gasteiger partial charge on any atom is 0.345 e. The third-order valence-corrected chi connectivity index (χ3v) is 4.32. The Morgan fingerprint density at radius 2 is 1.89 bits per heavy atom. The molecule has 0 radical (unpaired) electrons. The van der Waals surface area contributed by atoms with Crippen molar-refractivity contribution in [1.29, 1.82) is 0 Å². The minimum absolute atomic E-state index is 0.0318. The molecule has 0 bridgehead atoms. The second-order valence-electron chi connectivity index (χ2n) is 3.98. The highest BCUT2D eigenvalue weighted by atomic mass is 35.5. The Kier molecular flexibility index (Phi) is 2.55. The van der Waals surface area contributed by atoms with Crippen molar-refractivity contribution < 1.29 is 19.5 Å². The summed E-state index contributed by atoms with van der Waals surface area (Å²) in [6, 6.07) is 5.87. The molecule has 4 nitrogen and oxygen atoms in total. The van der Waals surface area contributed by atoms with Crippen molar-refractivity contribution >= 4 is 40.5 Å². The molecule has 0 amide bonds. The summed E-state index contributed by atoms with van der Waals surface area (Å²) < 4.78 is 0. The van der Waals surface area contributed by atoms with Gasteiger partial charge >= 0.3 is 5.97 Å². The van der Waals surface area contributed by atoms with Gasteiger partial charge < -0.3 is 5.11 Å². The second-order valence-corrected chi connectivity index (χ2v) is 5.44. The topological polar surface area (TPSA) is 71.4 Å². The molecule has 6 heteroatoms. The van der Waals surface area contributed by atoms with Gasteiger partial charge in [0.25, 0.3) is 0 Å². The molecule has 1 aromatic carbocycles. The first-order chi connectivity index (χ1) is 9.00. The van der Waals surface area contributed by atoms with Crippen LogP contribution in [-0.4, -0.2) is 22.6 Å². The van der Waals surface area contributed by atoms with Crippen molar-refractivity contribution in [2.75, 3.05) is 0 Å². The molecular weight excluding hydrogens is 288 g/mol. The molecular formula is C13H5ClO4S. The van der Waals surface area contributed by atoms with Crippen LogP contribution in [0.1, 0.15) is 40.8 Å². The molecule has 94 valence electrons. The molecule has 0 saturated heterocycles. The van der Waals surface area contributed by atoms with Crippen molar-refractivity contribution in [3.8, 4) is 0 Å². The van der Waals surface area contributed by atoms with Crippen molar-refractivity contribution in [3.63, 3.8) is 0 Å². The fourth-order valence-corrected chi connectivity index (χ4v) is 3.24. The first kappa shape index (κ1) is 12.1. The van der Waals surface area contributed by atoms with E-state index in [9.17, 15) is 14.4 Å². The van der Waals surface area contributed by atoms with Crippen LogP contribution in [0.15, 0.2) is 24.3 Å². The molecule has 1 heterocycles. The van der Waals surface area contributed by atoms with E-state index in [-0.39, 0.29) is 37.3 Å². The number of rotatable bonds is 1. The molecule has 1 aliphatic rings. The number of fused-ring (bicyclic) bond motifs is 2. The van der Waals surface area contributed by atoms with E-state index < -0.39 is 11.8 Å². The quantitative estimate of drug-likeness (QED) is 0.748. The van der Waals surface area contributed by atoms with Gasteiger partial charge in [-0.05, 0) is 12.1 Å². The summed E-state index contributed by atoms with van der Waals surface area (Å²) in [4.78, 5) is 35.6. The van der Waals surface area contributed by atoms with E-state index >= 15 is 0 Å². The van der Waals surface area contributed by atoms with Gasteiger partial charge in [0.15, 0.2) is 5.78 Å². The van der Waals surface area contributed by atoms with Crippen LogP contribution in [0.5, 0.6) is 0 Å². The van der Waals surface area contributed by atoms with Crippen molar-refractivity contribution in [2.24, 2.45) is 0 Å². The lowest BCUT2D eigenvalue weighted by Crippen LogP contribution is -2.18. The summed E-state index contributed by atoms with van der Waals surface area (Å²) in [7, 11) is 0. The normalized spacial score (nSPS) is 13.1. The van der Waals surface area contributed by atoms with Crippen LogP contribution in [0.2, 0.25) is 5.02 Å². The van der Waals surface area contributed by atoms with Crippen LogP contribution in [-0.2, 0) is 0 Å². The standard InChI is InChI=1S/C13H5ClO4S/c14-7-3-1-2-5-9(7)11(16)12-6(10(5)15)4-8(19-12)13(17)18/h1-4H,(H,17,18). The van der Waals surface area contributed by atoms with Gasteiger partial charge in [-0.25, -0.2) is 4.79 Å². The summed E-state index contributed by atoms with van der Waals surface area (Å²) in [5.74, 6) is -1.92. The third-order valence-electron chi connectivity index (χ3n) is 2.88. The average molecular weight is 293 g/mol. The highest BCUT2D eigenvalue weighted by molar-refractivity contribution is 7.16. The van der Waals surface area contributed by atoms with Gasteiger partial charge in [0.2, 0.25) is 5.78 Å². The SMILES string of the molecule is O=C(O)c1cc2c(s1)C(=O)c1c(Cl)cccc1C2=O. The molecule has 0 atom stereocenters. The molecule has 0 unspecified atom stereocenters. The molecule has 0 saturated carbocycles. The second kappa shape index (κ2) is 4.01. The molecule has 2 aromatic rings. The lowest BCUT2D eigenvalue weighted by Gasteiger charge is -2.14. The zero-order valence-electron chi connectivity index (χ0n) is 9.27. The van der Waals surface area contributed by atoms with Gasteiger partial charge in [0.05, 0.1) is 15.5 Å². The van der Waals surface area contributed by atoms with E-state index in [2.05, 4.69) is 0 Å². The Balaban J connectivity index is 2.30. The summed E-state index contributed by atoms with van der Waals surface area (Å²) in [5.41, 5.74) is 0.516. The summed E-state index contributed by atoms with van der Waals surface area (Å²) in [5, 5.41) is 9.14. The number of ketones is 2. The lowest BCUT2D eigenvalue weighted by molar-refractivity contribution is 0.0702. The summed E-state index contributed by atoms with van der Waals surface area (Å²) in [6.45, 7) is 0. The molecule has 1 N–H and O–H groups in total. The molecule has 0 spiro atoms. The number of carbonyl (C=O) groups is 3. The number of benzene rings is 1. The van der Waals surface area contributed by atoms with Crippen molar-refractivity contribution in [1.82, 2.24) is 0 Å². The Labute approximate surface area is 116 Å². The fraction of sp³-hybridized carbons (Fsp3) is 0. The molecule has 0 aliphatic heterocycles. The van der Waals surface area contributed by atoms with Crippen LogP contribution < -0.4 is 0 Å². The zero-order chi connectivity index (χ0) is 13.7. The van der Waals surface area contributed by atoms with Gasteiger partial charge in [-0.1, -0.05) is 23.7 Å². The summed E-state index contributed by atoms with van der Waals surface area (Å²) >= 11 is 6.75. The van der Waals surface area contributed by atoms with E-state index in [0.717, 1.165) is 11.3 Å². The van der Waals surface area contributed by atoms with E-state index in [1.807, 2.05) is 0 Å². The van der Waals surface area contributed by atoms with Gasteiger partial charge in [-0.3, -0.25) is 9.59 Å². The van der Waals surface area contributed by atoms with E-state index in [4.69, 9.17) is 16.7 Å². The Morgan fingerprint density at radius 3 is 2.58 bits per heavy atom. The minimum Gasteiger partial charge on any atom is -0.477 e. The first-order valence-electron chi connectivity index (χ1n) is 5.25. The maximum atomic E-state index is 12.3. The Bertz CT molecular complexity index is 760. The number of hydrogen-bond acceptors (Lipinski definition) is 4. The van der Waals surface area contributed by atoms with E-state index in [1.165, 1.54) is 18.2 Å². The minimum atomic E-state index is -1.16. The number of hydrogen-bond donors (Lipinski definition) is 1. The number of carboxylic acid groups (broad SMARTS) is 1. The summed E-state index contributed by atoms with van der Waals surface area (Å²) in [6.07, 6.45) is 0. The molecule has 19 heavy (non-hydrogen) atoms. The largest absolute Gasteiger partial charge is 0.477 e. The molecule has 1 aliphatic carbocycles. The van der Waals surface area contributed by atoms with Gasteiger partial charge in [-0.15, -0.1) is 11.3 Å². The fourth-order valence-electron chi connectivity index (χ4n) is 2.04. The zero-order valence-corrected chi connectivity index (χ0v) is 10.8. The van der Waals surface area contributed by atoms with Gasteiger partial charge in [0.1, 0.15) is 4.88 Å². The molecule has 1 aromatic heterocycles. The Hall–Kier alpha value is -1.98. The van der Waals surface area contributed by atoms with Crippen molar-refractivity contribution in [2.45, 2.75) is 0 Å². The van der Waals surface area contributed by atoms with Crippen LogP contribution >= 0.6 is 22.9 Å². The number of carbonyl (C=O) groups excluding carboxylic acids is 2. The van der Waals surface area contributed by atoms with Crippen LogP contribution in [0.4, 0.5) is 0 Å². The highest BCUT2D eigenvalue weighted by Crippen LogP contribution is 2.36. The Morgan fingerprint density at radius 1 is 1.16 bits per heavy atom. The van der Waals surface area contributed by atoms with Gasteiger partial charge in [0, 0.05) is 11.1 Å². The molecule has 0 fully saturated rings. The van der Waals surface area contributed by atoms with Crippen LogP contribution in [0.25, 0.3) is 0 Å². The van der Waals surface area contributed by atoms with Crippen LogP contribution in [0.3, 0.4) is 0 Å². The predicted molar refractivity (Wildman–Crippen MR) is 69.6 cm³/mol. The molecule has 3 rings (SSSR count). The predicted octanol–water partition coefficient (Wildman–Crippen LogP) is 2.88. The smallest absolute Gasteiger partial charge is 0.345 e. The maximum absolute atomic E-state index is 12.3. The first-order valence-corrected chi connectivity index (χ1v) is 6.45. The number of thiophene rings is 1. The van der Waals surface area contributed by atoms with E-state index in [1.54, 1.807) is 6.07 Å².